The van der Waals surface area contributed by atoms with Gasteiger partial charge in [-0.3, -0.25) is 0 Å². The van der Waals surface area contributed by atoms with Gasteiger partial charge in [-0.15, -0.1) is 0 Å². The maximum atomic E-state index is 6.23. The molecule has 0 aromatic rings. The van der Waals surface area contributed by atoms with Crippen molar-refractivity contribution in [3.63, 3.8) is 0 Å². The van der Waals surface area contributed by atoms with Crippen LogP contribution in [-0.2, 0) is 17.7 Å². The van der Waals surface area contributed by atoms with Crippen LogP contribution in [-0.4, -0.2) is 69.5 Å². The van der Waals surface area contributed by atoms with Crippen LogP contribution in [0, 0.1) is 0 Å². The molecule has 0 heterocycles. The zero-order valence-corrected chi connectivity index (χ0v) is 25.0. The third-order valence-electron chi connectivity index (χ3n) is 5.94. The van der Waals surface area contributed by atoms with Gasteiger partial charge < -0.3 is 22.6 Å². The van der Waals surface area contributed by atoms with Crippen molar-refractivity contribution in [1.82, 2.24) is 4.90 Å². The van der Waals surface area contributed by atoms with E-state index in [1.54, 1.807) is 0 Å². The Balaban J connectivity index is 4.88. The molecule has 0 aliphatic carbocycles. The molecule has 0 saturated carbocycles. The quantitative estimate of drug-likeness (QED) is 0.151. The van der Waals surface area contributed by atoms with Crippen LogP contribution in [0.15, 0.2) is 0 Å². The monoisotopic (exact) mass is 491 g/mol. The standard InChI is InChI=1S/C25H57NO4Si2/c1-8-17-26(18-15-24(13-6)31(27-20-9-2)28-21-10-3)19-16-25(14-7)32(29-22-11-4)30-23-12-5/h24-25,31-32H,8-23H2,1-7H3. The Morgan fingerprint density at radius 1 is 0.500 bits per heavy atom. The molecule has 0 fully saturated rings. The van der Waals surface area contributed by atoms with E-state index in [2.05, 4.69) is 53.4 Å². The lowest BCUT2D eigenvalue weighted by Gasteiger charge is -2.30. The summed E-state index contributed by atoms with van der Waals surface area (Å²) in [6, 6.07) is 0. The fourth-order valence-electron chi connectivity index (χ4n) is 3.99. The van der Waals surface area contributed by atoms with Gasteiger partial charge in [0.25, 0.3) is 0 Å². The summed E-state index contributed by atoms with van der Waals surface area (Å²) in [6.45, 7) is 22.5. The second-order valence-electron chi connectivity index (χ2n) is 8.98. The second-order valence-corrected chi connectivity index (χ2v) is 13.7. The van der Waals surface area contributed by atoms with Gasteiger partial charge in [0.05, 0.1) is 0 Å². The summed E-state index contributed by atoms with van der Waals surface area (Å²) < 4.78 is 24.9. The van der Waals surface area contributed by atoms with Gasteiger partial charge in [-0.2, -0.15) is 0 Å². The number of hydrogen-bond acceptors (Lipinski definition) is 5. The van der Waals surface area contributed by atoms with Crippen LogP contribution in [0.2, 0.25) is 11.1 Å². The second kappa shape index (κ2) is 23.0. The first-order chi connectivity index (χ1) is 15.6. The predicted molar refractivity (Wildman–Crippen MR) is 143 cm³/mol. The van der Waals surface area contributed by atoms with Gasteiger partial charge in [-0.1, -0.05) is 61.3 Å². The van der Waals surface area contributed by atoms with Gasteiger partial charge in [0.15, 0.2) is 0 Å². The average Bonchev–Trinajstić information content (AvgIpc) is 2.81. The fourth-order valence-corrected chi connectivity index (χ4v) is 8.76. The molecule has 0 aromatic carbocycles. The highest BCUT2D eigenvalue weighted by atomic mass is 28.3. The Labute approximate surface area is 204 Å². The molecular formula is C25H57NO4Si2. The lowest BCUT2D eigenvalue weighted by Crippen LogP contribution is -2.36. The maximum Gasteiger partial charge on any atom is 0.324 e. The minimum Gasteiger partial charge on any atom is -0.396 e. The Bertz CT molecular complexity index is 345. The summed E-state index contributed by atoms with van der Waals surface area (Å²) in [4.78, 5) is 2.67. The molecule has 2 atom stereocenters. The molecule has 0 bridgehead atoms. The summed E-state index contributed by atoms with van der Waals surface area (Å²) in [6.07, 6.45) is 10.2. The molecule has 0 amide bonds. The van der Waals surface area contributed by atoms with E-state index in [0.717, 1.165) is 78.0 Å². The first kappa shape index (κ1) is 32.2. The van der Waals surface area contributed by atoms with E-state index in [1.807, 2.05) is 0 Å². The van der Waals surface area contributed by atoms with E-state index in [-0.39, 0.29) is 0 Å². The summed E-state index contributed by atoms with van der Waals surface area (Å²) in [7, 11) is -3.22. The third kappa shape index (κ3) is 15.2. The minimum absolute atomic E-state index is 0.595. The molecule has 0 N–H and O–H groups in total. The smallest absolute Gasteiger partial charge is 0.324 e. The zero-order valence-electron chi connectivity index (χ0n) is 22.7. The molecule has 2 unspecified atom stereocenters. The van der Waals surface area contributed by atoms with Crippen LogP contribution < -0.4 is 0 Å². The highest BCUT2D eigenvalue weighted by Gasteiger charge is 2.27. The summed E-state index contributed by atoms with van der Waals surface area (Å²) in [5, 5.41) is 0. The van der Waals surface area contributed by atoms with E-state index < -0.39 is 18.6 Å². The summed E-state index contributed by atoms with van der Waals surface area (Å²) in [5.41, 5.74) is 1.19. The molecule has 0 rings (SSSR count). The van der Waals surface area contributed by atoms with E-state index in [1.165, 1.54) is 25.8 Å². The van der Waals surface area contributed by atoms with E-state index in [0.29, 0.717) is 11.1 Å². The minimum atomic E-state index is -1.61. The van der Waals surface area contributed by atoms with Gasteiger partial charge in [0.1, 0.15) is 0 Å². The molecule has 32 heavy (non-hydrogen) atoms. The first-order valence-corrected chi connectivity index (χ1v) is 17.0. The molecule has 7 heteroatoms. The van der Waals surface area contributed by atoms with E-state index in [9.17, 15) is 0 Å². The highest BCUT2D eigenvalue weighted by Crippen LogP contribution is 2.25. The van der Waals surface area contributed by atoms with Crippen LogP contribution in [0.25, 0.3) is 0 Å². The molecule has 0 aliphatic heterocycles. The fraction of sp³-hybridized carbons (Fsp3) is 1.00. The van der Waals surface area contributed by atoms with Crippen molar-refractivity contribution in [3.05, 3.63) is 0 Å². The Kier molecular flexibility index (Phi) is 23.2. The molecule has 5 nitrogen and oxygen atoms in total. The Morgan fingerprint density at radius 2 is 0.844 bits per heavy atom. The van der Waals surface area contributed by atoms with E-state index >= 15 is 0 Å². The SMILES string of the molecule is CCCO[SiH](OCCC)C(CC)CCN(CCC)CCC(CC)[SiH](OCCC)OCCC. The molecule has 194 valence electrons. The van der Waals surface area contributed by atoms with Crippen molar-refractivity contribution in [2.24, 2.45) is 0 Å². The summed E-state index contributed by atoms with van der Waals surface area (Å²) in [5.74, 6) is 0. The van der Waals surface area contributed by atoms with Crippen LogP contribution in [0.5, 0.6) is 0 Å². The van der Waals surface area contributed by atoms with Crippen LogP contribution >= 0.6 is 0 Å². The topological polar surface area (TPSA) is 40.2 Å². The number of hydrogen-bond donors (Lipinski definition) is 0. The highest BCUT2D eigenvalue weighted by molar-refractivity contribution is 6.46. The van der Waals surface area contributed by atoms with Gasteiger partial charge >= 0.3 is 18.6 Å². The summed E-state index contributed by atoms with van der Waals surface area (Å²) >= 11 is 0. The zero-order chi connectivity index (χ0) is 24.0. The van der Waals surface area contributed by atoms with Crippen LogP contribution in [0.3, 0.4) is 0 Å². The van der Waals surface area contributed by atoms with Gasteiger partial charge in [0, 0.05) is 37.5 Å². The van der Waals surface area contributed by atoms with Gasteiger partial charge in [-0.25, -0.2) is 0 Å². The van der Waals surface area contributed by atoms with Crippen LogP contribution in [0.1, 0.15) is 106 Å². The molecule has 0 saturated heterocycles. The number of rotatable bonds is 24. The van der Waals surface area contributed by atoms with Crippen molar-refractivity contribution in [2.75, 3.05) is 46.1 Å². The van der Waals surface area contributed by atoms with Crippen LogP contribution in [0.4, 0.5) is 0 Å². The average molecular weight is 492 g/mol. The van der Waals surface area contributed by atoms with Gasteiger partial charge in [0.2, 0.25) is 0 Å². The number of nitrogens with zero attached hydrogens (tertiary/aromatic N) is 1. The molecular weight excluding hydrogens is 434 g/mol. The molecule has 0 radical (unpaired) electrons. The van der Waals surface area contributed by atoms with Crippen molar-refractivity contribution in [3.8, 4) is 0 Å². The normalized spacial score (nSPS) is 14.1. The van der Waals surface area contributed by atoms with Crippen molar-refractivity contribution >= 4 is 18.6 Å². The molecule has 0 aromatic heterocycles. The Hall–Kier alpha value is 0.234. The van der Waals surface area contributed by atoms with Gasteiger partial charge in [-0.05, 0) is 64.6 Å². The lowest BCUT2D eigenvalue weighted by molar-refractivity contribution is 0.175. The Morgan fingerprint density at radius 3 is 1.09 bits per heavy atom. The molecule has 0 spiro atoms. The lowest BCUT2D eigenvalue weighted by atomic mass is 10.2. The third-order valence-corrected chi connectivity index (χ3v) is 11.3. The predicted octanol–water partition coefficient (Wildman–Crippen LogP) is 6.19. The van der Waals surface area contributed by atoms with Crippen molar-refractivity contribution in [1.29, 1.82) is 0 Å². The maximum absolute atomic E-state index is 6.23. The first-order valence-electron chi connectivity index (χ1n) is 13.8. The largest absolute Gasteiger partial charge is 0.396 e. The van der Waals surface area contributed by atoms with Crippen molar-refractivity contribution < 1.29 is 17.7 Å². The molecule has 0 aliphatic rings. The van der Waals surface area contributed by atoms with Crippen molar-refractivity contribution in [2.45, 2.75) is 117 Å². The van der Waals surface area contributed by atoms with E-state index in [4.69, 9.17) is 17.7 Å².